The molecule has 0 aliphatic heterocycles. The molecule has 19 heavy (non-hydrogen) atoms. The number of hydrogen-bond donors (Lipinski definition) is 0. The van der Waals surface area contributed by atoms with Crippen LogP contribution in [0.25, 0.3) is 0 Å². The number of pyridine rings is 1. The highest BCUT2D eigenvalue weighted by atomic mass is 35.5. The number of carbonyl (C=O) groups is 1. The van der Waals surface area contributed by atoms with E-state index in [4.69, 9.17) is 11.6 Å². The second-order valence-corrected chi connectivity index (χ2v) is 3.64. The van der Waals surface area contributed by atoms with Gasteiger partial charge in [0, 0.05) is 0 Å². The zero-order valence-electron chi connectivity index (χ0n) is 9.39. The van der Waals surface area contributed by atoms with Crippen molar-refractivity contribution < 1.29 is 31.5 Å². The van der Waals surface area contributed by atoms with E-state index < -0.39 is 40.5 Å². The molecule has 0 aromatic carbocycles. The molecule has 0 atom stereocenters. The number of rotatable bonds is 3. The lowest BCUT2D eigenvalue weighted by Crippen LogP contribution is -2.17. The fraction of sp³-hybridized carbons (Fsp3) is 0.400. The van der Waals surface area contributed by atoms with Crippen molar-refractivity contribution in [2.45, 2.75) is 19.5 Å². The van der Waals surface area contributed by atoms with Crippen LogP contribution in [0.1, 0.15) is 35.0 Å². The average molecular weight is 304 g/mol. The van der Waals surface area contributed by atoms with Gasteiger partial charge in [0.05, 0.1) is 12.2 Å². The van der Waals surface area contributed by atoms with Crippen LogP contribution in [0.2, 0.25) is 5.15 Å². The number of ether oxygens (including phenoxy) is 1. The van der Waals surface area contributed by atoms with Crippen LogP contribution in [0.5, 0.6) is 0 Å². The Morgan fingerprint density at radius 1 is 1.47 bits per heavy atom. The summed E-state index contributed by atoms with van der Waals surface area (Å²) < 4.78 is 67.4. The molecule has 0 N–H and O–H groups in total. The molecular weight excluding hydrogens is 297 g/mol. The quantitative estimate of drug-likeness (QED) is 0.483. The van der Waals surface area contributed by atoms with Crippen molar-refractivity contribution in [3.63, 3.8) is 0 Å². The van der Waals surface area contributed by atoms with E-state index in [9.17, 15) is 26.7 Å². The predicted molar refractivity (Wildman–Crippen MR) is 55.2 cm³/mol. The number of halogens is 6. The number of nitrogens with zero attached hydrogens (tertiary/aromatic N) is 1. The first-order chi connectivity index (χ1) is 8.68. The van der Waals surface area contributed by atoms with Gasteiger partial charge in [0.25, 0.3) is 6.43 Å². The van der Waals surface area contributed by atoms with Gasteiger partial charge in [-0.2, -0.15) is 13.2 Å². The fourth-order valence-corrected chi connectivity index (χ4v) is 1.54. The Kier molecular flexibility index (Phi) is 4.67. The van der Waals surface area contributed by atoms with Crippen molar-refractivity contribution in [3.05, 3.63) is 28.0 Å². The molecule has 0 bridgehead atoms. The van der Waals surface area contributed by atoms with Gasteiger partial charge >= 0.3 is 12.1 Å². The van der Waals surface area contributed by atoms with Crippen LogP contribution in [-0.2, 0) is 10.9 Å². The number of aromatic nitrogens is 1. The molecular formula is C10H7ClF5NO2. The number of esters is 1. The lowest BCUT2D eigenvalue weighted by atomic mass is 10.1. The minimum Gasteiger partial charge on any atom is -0.462 e. The number of alkyl halides is 5. The summed E-state index contributed by atoms with van der Waals surface area (Å²) in [4.78, 5) is 14.4. The fourth-order valence-electron chi connectivity index (χ4n) is 1.27. The van der Waals surface area contributed by atoms with Crippen LogP contribution < -0.4 is 0 Å². The van der Waals surface area contributed by atoms with Gasteiger partial charge in [-0.3, -0.25) is 0 Å². The molecule has 0 amide bonds. The predicted octanol–water partition coefficient (Wildman–Crippen LogP) is 3.87. The third-order valence-electron chi connectivity index (χ3n) is 2.00. The number of carbonyl (C=O) groups excluding carboxylic acids is 1. The first-order valence-electron chi connectivity index (χ1n) is 4.91. The Hall–Kier alpha value is -1.44. The Bertz CT molecular complexity index is 490. The van der Waals surface area contributed by atoms with Gasteiger partial charge in [0.1, 0.15) is 16.4 Å². The van der Waals surface area contributed by atoms with Crippen LogP contribution in [0.15, 0.2) is 6.07 Å². The maximum atomic E-state index is 12.7. The van der Waals surface area contributed by atoms with Crippen molar-refractivity contribution in [1.82, 2.24) is 4.98 Å². The molecule has 1 aromatic heterocycles. The van der Waals surface area contributed by atoms with Crippen LogP contribution in [0.4, 0.5) is 22.0 Å². The summed E-state index contributed by atoms with van der Waals surface area (Å²) >= 11 is 5.37. The van der Waals surface area contributed by atoms with Crippen molar-refractivity contribution in [2.24, 2.45) is 0 Å². The molecule has 106 valence electrons. The molecule has 0 aliphatic carbocycles. The maximum Gasteiger partial charge on any atom is 0.417 e. The second kappa shape index (κ2) is 5.68. The average Bonchev–Trinajstić information content (AvgIpc) is 2.26. The van der Waals surface area contributed by atoms with Crippen LogP contribution in [-0.4, -0.2) is 17.6 Å². The third kappa shape index (κ3) is 3.52. The van der Waals surface area contributed by atoms with Gasteiger partial charge in [0.2, 0.25) is 0 Å². The molecule has 0 aliphatic rings. The van der Waals surface area contributed by atoms with Crippen LogP contribution in [0.3, 0.4) is 0 Å². The van der Waals surface area contributed by atoms with E-state index in [0.29, 0.717) is 0 Å². The Morgan fingerprint density at radius 2 is 2.05 bits per heavy atom. The second-order valence-electron chi connectivity index (χ2n) is 3.28. The zero-order valence-corrected chi connectivity index (χ0v) is 10.1. The Morgan fingerprint density at radius 3 is 2.47 bits per heavy atom. The van der Waals surface area contributed by atoms with Crippen molar-refractivity contribution in [2.75, 3.05) is 6.61 Å². The summed E-state index contributed by atoms with van der Waals surface area (Å²) in [5, 5.41) is -0.969. The van der Waals surface area contributed by atoms with E-state index in [1.54, 1.807) is 0 Å². The molecule has 0 saturated heterocycles. The molecule has 1 aromatic rings. The summed E-state index contributed by atoms with van der Waals surface area (Å²) in [5.41, 5.74) is -3.83. The molecule has 9 heteroatoms. The van der Waals surface area contributed by atoms with Crippen molar-refractivity contribution >= 4 is 17.6 Å². The van der Waals surface area contributed by atoms with E-state index in [1.165, 1.54) is 6.92 Å². The lowest BCUT2D eigenvalue weighted by molar-refractivity contribution is -0.138. The Labute approximate surface area is 109 Å². The van der Waals surface area contributed by atoms with E-state index in [0.717, 1.165) is 0 Å². The van der Waals surface area contributed by atoms with Gasteiger partial charge in [-0.25, -0.2) is 18.6 Å². The summed E-state index contributed by atoms with van der Waals surface area (Å²) in [5.74, 6) is -1.37. The van der Waals surface area contributed by atoms with Gasteiger partial charge in [0.15, 0.2) is 0 Å². The zero-order chi connectivity index (χ0) is 14.8. The van der Waals surface area contributed by atoms with E-state index >= 15 is 0 Å². The van der Waals surface area contributed by atoms with Crippen molar-refractivity contribution in [3.8, 4) is 0 Å². The minimum absolute atomic E-state index is 0.0861. The normalized spacial score (nSPS) is 11.8. The highest BCUT2D eigenvalue weighted by Crippen LogP contribution is 2.36. The van der Waals surface area contributed by atoms with Gasteiger partial charge in [-0.05, 0) is 13.0 Å². The summed E-state index contributed by atoms with van der Waals surface area (Å²) in [6.45, 7) is 1.18. The van der Waals surface area contributed by atoms with Gasteiger partial charge in [-0.1, -0.05) is 11.6 Å². The summed E-state index contributed by atoms with van der Waals surface area (Å²) in [7, 11) is 0. The molecule has 0 saturated carbocycles. The number of hydrogen-bond acceptors (Lipinski definition) is 3. The monoisotopic (exact) mass is 303 g/mol. The van der Waals surface area contributed by atoms with E-state index in [-0.39, 0.29) is 12.7 Å². The summed E-state index contributed by atoms with van der Waals surface area (Å²) in [6.07, 6.45) is -8.27. The SMILES string of the molecule is CCOC(=O)c1c(C(F)(F)F)cc(C(F)F)nc1Cl. The molecule has 0 fully saturated rings. The van der Waals surface area contributed by atoms with Gasteiger partial charge < -0.3 is 4.74 Å². The largest absolute Gasteiger partial charge is 0.462 e. The molecule has 1 rings (SSSR count). The highest BCUT2D eigenvalue weighted by molar-refractivity contribution is 6.32. The molecule has 0 radical (unpaired) electrons. The van der Waals surface area contributed by atoms with E-state index in [2.05, 4.69) is 9.72 Å². The Balaban J connectivity index is 3.48. The topological polar surface area (TPSA) is 39.2 Å². The molecule has 1 heterocycles. The minimum atomic E-state index is -5.03. The van der Waals surface area contributed by atoms with E-state index in [1.807, 2.05) is 0 Å². The van der Waals surface area contributed by atoms with Gasteiger partial charge in [-0.15, -0.1) is 0 Å². The first-order valence-corrected chi connectivity index (χ1v) is 5.29. The van der Waals surface area contributed by atoms with Crippen molar-refractivity contribution in [1.29, 1.82) is 0 Å². The molecule has 0 spiro atoms. The summed E-state index contributed by atoms with van der Waals surface area (Å²) in [6, 6.07) is 0.0861. The highest BCUT2D eigenvalue weighted by Gasteiger charge is 2.39. The molecule has 3 nitrogen and oxygen atoms in total. The van der Waals surface area contributed by atoms with Crippen LogP contribution >= 0.6 is 11.6 Å². The lowest BCUT2D eigenvalue weighted by Gasteiger charge is -2.14. The maximum absolute atomic E-state index is 12.7. The first kappa shape index (κ1) is 15.6. The smallest absolute Gasteiger partial charge is 0.417 e. The standard InChI is InChI=1S/C10H7ClF5NO2/c1-2-19-9(18)6-4(10(14,15)16)3-5(8(12)13)17-7(6)11/h3,8H,2H2,1H3. The molecule has 0 unspecified atom stereocenters. The third-order valence-corrected chi connectivity index (χ3v) is 2.28. The van der Waals surface area contributed by atoms with Crippen LogP contribution in [0, 0.1) is 0 Å².